The maximum atomic E-state index is 5.37. The van der Waals surface area contributed by atoms with E-state index in [2.05, 4.69) is 17.9 Å². The van der Waals surface area contributed by atoms with E-state index in [9.17, 15) is 0 Å². The summed E-state index contributed by atoms with van der Waals surface area (Å²) in [6.07, 6.45) is 7.55. The lowest BCUT2D eigenvalue weighted by Crippen LogP contribution is -2.37. The molecule has 0 aromatic heterocycles. The molecule has 15 heavy (non-hydrogen) atoms. The molecule has 2 nitrogen and oxygen atoms in total. The second kappa shape index (κ2) is 5.66. The van der Waals surface area contributed by atoms with Crippen molar-refractivity contribution in [3.8, 4) is 0 Å². The molecule has 86 valence electrons. The van der Waals surface area contributed by atoms with Crippen molar-refractivity contribution in [3.63, 3.8) is 0 Å². The van der Waals surface area contributed by atoms with Crippen LogP contribution in [0.3, 0.4) is 0 Å². The topological polar surface area (TPSA) is 12.5 Å². The van der Waals surface area contributed by atoms with Gasteiger partial charge in [0.05, 0.1) is 13.2 Å². The Balaban J connectivity index is 1.88. The summed E-state index contributed by atoms with van der Waals surface area (Å²) >= 11 is 0. The van der Waals surface area contributed by atoms with Crippen LogP contribution in [0.25, 0.3) is 0 Å². The third kappa shape index (κ3) is 3.05. The average molecular weight is 209 g/mol. The summed E-state index contributed by atoms with van der Waals surface area (Å²) in [7, 11) is 0. The highest BCUT2D eigenvalue weighted by atomic mass is 16.5. The van der Waals surface area contributed by atoms with Crippen LogP contribution in [0.15, 0.2) is 11.6 Å². The first kappa shape index (κ1) is 11.2. The van der Waals surface area contributed by atoms with E-state index in [0.29, 0.717) is 0 Å². The van der Waals surface area contributed by atoms with E-state index < -0.39 is 0 Å². The van der Waals surface area contributed by atoms with Gasteiger partial charge in [0.2, 0.25) is 0 Å². The minimum absolute atomic E-state index is 0.828. The molecule has 1 fully saturated rings. The predicted molar refractivity (Wildman–Crippen MR) is 63.0 cm³/mol. The van der Waals surface area contributed by atoms with Crippen LogP contribution < -0.4 is 0 Å². The molecule has 1 unspecified atom stereocenters. The molecule has 0 saturated carbocycles. The van der Waals surface area contributed by atoms with Crippen molar-refractivity contribution in [2.75, 3.05) is 32.8 Å². The standard InChI is InChI=1S/C13H23NO/c1-2-7-14-8-3-4-13(11-14)12-5-9-15-10-6-12/h5,13H,2-4,6-11H2,1H3. The second-order valence-corrected chi connectivity index (χ2v) is 4.74. The number of hydrogen-bond acceptors (Lipinski definition) is 2. The van der Waals surface area contributed by atoms with Gasteiger partial charge in [0.1, 0.15) is 0 Å². The quantitative estimate of drug-likeness (QED) is 0.662. The van der Waals surface area contributed by atoms with Gasteiger partial charge in [-0.3, -0.25) is 0 Å². The summed E-state index contributed by atoms with van der Waals surface area (Å²) in [5.41, 5.74) is 1.67. The van der Waals surface area contributed by atoms with Crippen molar-refractivity contribution in [3.05, 3.63) is 11.6 Å². The fraction of sp³-hybridized carbons (Fsp3) is 0.846. The molecule has 1 saturated heterocycles. The van der Waals surface area contributed by atoms with Crippen molar-refractivity contribution in [1.29, 1.82) is 0 Å². The van der Waals surface area contributed by atoms with Gasteiger partial charge < -0.3 is 9.64 Å². The molecular weight excluding hydrogens is 186 g/mol. The van der Waals surface area contributed by atoms with Gasteiger partial charge in [0, 0.05) is 6.54 Å². The van der Waals surface area contributed by atoms with Gasteiger partial charge in [-0.15, -0.1) is 0 Å². The zero-order valence-electron chi connectivity index (χ0n) is 9.87. The maximum Gasteiger partial charge on any atom is 0.0650 e. The summed E-state index contributed by atoms with van der Waals surface area (Å²) in [4.78, 5) is 2.63. The first-order valence-electron chi connectivity index (χ1n) is 6.39. The van der Waals surface area contributed by atoms with E-state index >= 15 is 0 Å². The van der Waals surface area contributed by atoms with E-state index in [-0.39, 0.29) is 0 Å². The smallest absolute Gasteiger partial charge is 0.0650 e. The summed E-state index contributed by atoms with van der Waals surface area (Å²) < 4.78 is 5.37. The van der Waals surface area contributed by atoms with E-state index in [1.807, 2.05) is 0 Å². The molecule has 2 rings (SSSR count). The van der Waals surface area contributed by atoms with Crippen molar-refractivity contribution < 1.29 is 4.74 Å². The van der Waals surface area contributed by atoms with E-state index in [0.717, 1.165) is 19.1 Å². The third-order valence-corrected chi connectivity index (χ3v) is 3.57. The lowest BCUT2D eigenvalue weighted by Gasteiger charge is -2.34. The van der Waals surface area contributed by atoms with Crippen LogP contribution in [0.4, 0.5) is 0 Å². The van der Waals surface area contributed by atoms with Crippen LogP contribution in [0.2, 0.25) is 0 Å². The maximum absolute atomic E-state index is 5.37. The molecule has 0 aromatic carbocycles. The number of nitrogens with zero attached hydrogens (tertiary/aromatic N) is 1. The number of likely N-dealkylation sites (tertiary alicyclic amines) is 1. The monoisotopic (exact) mass is 209 g/mol. The predicted octanol–water partition coefficient (Wildman–Crippen LogP) is 2.46. The second-order valence-electron chi connectivity index (χ2n) is 4.74. The highest BCUT2D eigenvalue weighted by Gasteiger charge is 2.22. The number of rotatable bonds is 3. The van der Waals surface area contributed by atoms with Gasteiger partial charge in [-0.1, -0.05) is 18.6 Å². The normalized spacial score (nSPS) is 28.9. The average Bonchev–Trinajstić information content (AvgIpc) is 2.31. The van der Waals surface area contributed by atoms with Gasteiger partial charge in [-0.2, -0.15) is 0 Å². The van der Waals surface area contributed by atoms with Crippen molar-refractivity contribution >= 4 is 0 Å². The molecule has 0 N–H and O–H groups in total. The van der Waals surface area contributed by atoms with Gasteiger partial charge in [0.25, 0.3) is 0 Å². The van der Waals surface area contributed by atoms with Gasteiger partial charge in [0.15, 0.2) is 0 Å². The van der Waals surface area contributed by atoms with Gasteiger partial charge in [-0.25, -0.2) is 0 Å². The molecule has 0 bridgehead atoms. The van der Waals surface area contributed by atoms with Crippen LogP contribution in [0, 0.1) is 5.92 Å². The van der Waals surface area contributed by atoms with E-state index in [1.165, 1.54) is 45.3 Å². The van der Waals surface area contributed by atoms with E-state index in [4.69, 9.17) is 4.74 Å². The Bertz CT molecular complexity index is 223. The summed E-state index contributed by atoms with van der Waals surface area (Å²) in [5.74, 6) is 0.828. The first-order valence-corrected chi connectivity index (χ1v) is 6.39. The molecule has 1 atom stereocenters. The zero-order chi connectivity index (χ0) is 10.5. The van der Waals surface area contributed by atoms with Crippen LogP contribution >= 0.6 is 0 Å². The zero-order valence-corrected chi connectivity index (χ0v) is 9.87. The summed E-state index contributed by atoms with van der Waals surface area (Å²) in [5, 5.41) is 0. The largest absolute Gasteiger partial charge is 0.377 e. The SMILES string of the molecule is CCCN1CCCC(C2=CCOCC2)C1. The van der Waals surface area contributed by atoms with Crippen molar-refractivity contribution in [1.82, 2.24) is 4.90 Å². The lowest BCUT2D eigenvalue weighted by atomic mass is 9.88. The minimum Gasteiger partial charge on any atom is -0.377 e. The highest BCUT2D eigenvalue weighted by molar-refractivity contribution is 5.10. The Morgan fingerprint density at radius 1 is 1.53 bits per heavy atom. The van der Waals surface area contributed by atoms with Crippen LogP contribution in [-0.4, -0.2) is 37.7 Å². The molecule has 2 aliphatic heterocycles. The number of hydrogen-bond donors (Lipinski definition) is 0. The molecule has 0 aromatic rings. The summed E-state index contributed by atoms with van der Waals surface area (Å²) in [6.45, 7) is 7.95. The Morgan fingerprint density at radius 2 is 2.47 bits per heavy atom. The fourth-order valence-electron chi connectivity index (χ4n) is 2.79. The fourth-order valence-corrected chi connectivity index (χ4v) is 2.79. The molecule has 2 heterocycles. The summed E-state index contributed by atoms with van der Waals surface area (Å²) in [6, 6.07) is 0. The molecular formula is C13H23NO. The molecule has 2 aliphatic rings. The Hall–Kier alpha value is -0.340. The van der Waals surface area contributed by atoms with Crippen LogP contribution in [0.5, 0.6) is 0 Å². The highest BCUT2D eigenvalue weighted by Crippen LogP contribution is 2.27. The first-order chi connectivity index (χ1) is 7.40. The molecule has 0 spiro atoms. The minimum atomic E-state index is 0.828. The van der Waals surface area contributed by atoms with Crippen LogP contribution in [-0.2, 0) is 4.74 Å². The third-order valence-electron chi connectivity index (χ3n) is 3.57. The lowest BCUT2D eigenvalue weighted by molar-refractivity contribution is 0.139. The molecule has 2 heteroatoms. The number of ether oxygens (including phenoxy) is 1. The van der Waals surface area contributed by atoms with Gasteiger partial charge in [-0.05, 0) is 44.7 Å². The molecule has 0 amide bonds. The molecule has 0 radical (unpaired) electrons. The Morgan fingerprint density at radius 3 is 3.20 bits per heavy atom. The van der Waals surface area contributed by atoms with Gasteiger partial charge >= 0.3 is 0 Å². The van der Waals surface area contributed by atoms with E-state index in [1.54, 1.807) is 5.57 Å². The number of piperidine rings is 1. The Labute approximate surface area is 93.3 Å². The van der Waals surface area contributed by atoms with Crippen molar-refractivity contribution in [2.24, 2.45) is 5.92 Å². The van der Waals surface area contributed by atoms with Crippen LogP contribution in [0.1, 0.15) is 32.6 Å². The van der Waals surface area contributed by atoms with Crippen molar-refractivity contribution in [2.45, 2.75) is 32.6 Å². The molecule has 0 aliphatic carbocycles. The Kier molecular flexibility index (Phi) is 4.21.